The number of methoxy groups -OCH3 is 1. The Hall–Kier alpha value is -4.73. The Balaban J connectivity index is 1.46. The minimum absolute atomic E-state index is 0.0269. The predicted octanol–water partition coefficient (Wildman–Crippen LogP) is 5.15. The first-order valence-corrected chi connectivity index (χ1v) is 15.1. The number of hydrogen-bond acceptors (Lipinski definition) is 7. The molecule has 4 amide bonds. The highest BCUT2D eigenvalue weighted by Crippen LogP contribution is 2.61. The maximum atomic E-state index is 15.0. The molecular weight excluding hydrogens is 596 g/mol. The van der Waals surface area contributed by atoms with Crippen molar-refractivity contribution >= 4 is 47.0 Å². The average molecular weight is 625 g/mol. The fourth-order valence-electron chi connectivity index (χ4n) is 7.98. The summed E-state index contributed by atoms with van der Waals surface area (Å²) in [5.74, 6) is -5.72. The van der Waals surface area contributed by atoms with Gasteiger partial charge in [-0.3, -0.25) is 24.4 Å². The molecule has 0 radical (unpaired) electrons. The van der Waals surface area contributed by atoms with Gasteiger partial charge >= 0.3 is 0 Å². The van der Waals surface area contributed by atoms with Crippen LogP contribution in [-0.2, 0) is 24.6 Å². The molecule has 9 nitrogen and oxygen atoms in total. The molecule has 6 atom stereocenters. The van der Waals surface area contributed by atoms with Crippen molar-refractivity contribution in [3.05, 3.63) is 107 Å². The summed E-state index contributed by atoms with van der Waals surface area (Å²) in [5.41, 5.74) is 1.05. The normalized spacial score (nSPS) is 29.1. The lowest BCUT2D eigenvalue weighted by Crippen LogP contribution is -2.54. The first-order valence-electron chi connectivity index (χ1n) is 14.7. The molecule has 6 unspecified atom stereocenters. The van der Waals surface area contributed by atoms with Crippen molar-refractivity contribution < 1.29 is 34.2 Å². The molecule has 3 aromatic rings. The number of phenolic OH excluding ortho intramolecular Hbond substituents is 1. The second-order valence-corrected chi connectivity index (χ2v) is 12.4. The van der Waals surface area contributed by atoms with Crippen LogP contribution in [-0.4, -0.2) is 46.1 Å². The summed E-state index contributed by atoms with van der Waals surface area (Å²) in [4.78, 5) is 56.9. The number of anilines is 1. The summed E-state index contributed by atoms with van der Waals surface area (Å²) in [6.45, 7) is 0. The molecule has 2 saturated heterocycles. The summed E-state index contributed by atoms with van der Waals surface area (Å²) in [6.07, 6.45) is 5.93. The number of benzene rings is 3. The van der Waals surface area contributed by atoms with Crippen molar-refractivity contribution in [3.8, 4) is 11.5 Å². The van der Waals surface area contributed by atoms with Gasteiger partial charge in [0.2, 0.25) is 11.8 Å². The van der Waals surface area contributed by atoms with E-state index in [0.29, 0.717) is 21.8 Å². The van der Waals surface area contributed by atoms with Crippen molar-refractivity contribution in [1.29, 1.82) is 0 Å². The van der Waals surface area contributed by atoms with E-state index < -0.39 is 58.6 Å². The first kappa shape index (κ1) is 29.0. The van der Waals surface area contributed by atoms with Gasteiger partial charge in [-0.05, 0) is 60.2 Å². The zero-order valence-corrected chi connectivity index (χ0v) is 24.9. The van der Waals surface area contributed by atoms with Gasteiger partial charge in [-0.25, -0.2) is 4.90 Å². The molecular formula is C35H29ClN2O7. The van der Waals surface area contributed by atoms with Gasteiger partial charge in [0.1, 0.15) is 0 Å². The molecule has 2 N–H and O–H groups in total. The number of hydroxylamine groups is 2. The van der Waals surface area contributed by atoms with Gasteiger partial charge in [0.05, 0.1) is 36.0 Å². The monoisotopic (exact) mass is 624 g/mol. The molecule has 0 bridgehead atoms. The van der Waals surface area contributed by atoms with Gasteiger partial charge in [-0.2, -0.15) is 5.06 Å². The molecule has 2 aliphatic heterocycles. The molecule has 2 aliphatic carbocycles. The third kappa shape index (κ3) is 4.18. The van der Waals surface area contributed by atoms with Crippen molar-refractivity contribution in [2.75, 3.05) is 12.0 Å². The average Bonchev–Trinajstić information content (AvgIpc) is 3.41. The topological polar surface area (TPSA) is 124 Å². The Labute approximate surface area is 263 Å². The number of fused-ring (bicyclic) bond motifs is 4. The van der Waals surface area contributed by atoms with Crippen molar-refractivity contribution in [1.82, 2.24) is 5.06 Å². The maximum Gasteiger partial charge on any atom is 0.257 e. The number of rotatable bonds is 5. The summed E-state index contributed by atoms with van der Waals surface area (Å²) in [7, 11) is 1.45. The lowest BCUT2D eigenvalue weighted by atomic mass is 9.50. The number of imide groups is 2. The third-order valence-corrected chi connectivity index (χ3v) is 10.1. The van der Waals surface area contributed by atoms with Crippen LogP contribution in [0.4, 0.5) is 5.69 Å². The van der Waals surface area contributed by atoms with Crippen LogP contribution in [0.1, 0.15) is 24.0 Å². The molecule has 228 valence electrons. The fraction of sp³-hybridized carbons (Fsp3) is 0.257. The first-order chi connectivity index (χ1) is 21.7. The van der Waals surface area contributed by atoms with Crippen LogP contribution in [0.5, 0.6) is 11.5 Å². The van der Waals surface area contributed by atoms with Crippen LogP contribution in [0.3, 0.4) is 0 Å². The number of nitrogens with zero attached hydrogens (tertiary/aromatic N) is 2. The maximum absolute atomic E-state index is 15.0. The van der Waals surface area contributed by atoms with Crippen LogP contribution in [0, 0.1) is 29.6 Å². The molecule has 0 aromatic heterocycles. The van der Waals surface area contributed by atoms with E-state index in [1.807, 2.05) is 48.6 Å². The van der Waals surface area contributed by atoms with Crippen molar-refractivity contribution in [2.24, 2.45) is 29.6 Å². The summed E-state index contributed by atoms with van der Waals surface area (Å²) in [6, 6.07) is 20.6. The third-order valence-electron chi connectivity index (χ3n) is 9.89. The quantitative estimate of drug-likeness (QED) is 0.228. The van der Waals surface area contributed by atoms with E-state index in [-0.39, 0.29) is 29.4 Å². The van der Waals surface area contributed by atoms with E-state index in [9.17, 15) is 24.7 Å². The minimum Gasteiger partial charge on any atom is -0.504 e. The fourth-order valence-corrected chi connectivity index (χ4v) is 8.16. The zero-order chi connectivity index (χ0) is 31.6. The Morgan fingerprint density at radius 1 is 0.933 bits per heavy atom. The predicted molar refractivity (Wildman–Crippen MR) is 164 cm³/mol. The number of hydrogen-bond donors (Lipinski definition) is 2. The number of ether oxygens (including phenoxy) is 1. The summed E-state index contributed by atoms with van der Waals surface area (Å²) < 4.78 is 5.30. The molecule has 3 fully saturated rings. The number of carbonyl (C=O) groups is 4. The Morgan fingerprint density at radius 3 is 2.44 bits per heavy atom. The highest BCUT2D eigenvalue weighted by Gasteiger charge is 2.69. The summed E-state index contributed by atoms with van der Waals surface area (Å²) >= 11 is 6.31. The van der Waals surface area contributed by atoms with Gasteiger partial charge in [0.15, 0.2) is 11.5 Å². The molecule has 7 rings (SSSR count). The van der Waals surface area contributed by atoms with Crippen molar-refractivity contribution in [3.63, 3.8) is 0 Å². The Morgan fingerprint density at radius 2 is 1.71 bits per heavy atom. The minimum atomic E-state index is -1.39. The van der Waals surface area contributed by atoms with Crippen LogP contribution >= 0.6 is 11.6 Å². The molecule has 3 aromatic carbocycles. The molecule has 2 heterocycles. The summed E-state index contributed by atoms with van der Waals surface area (Å²) in [5, 5.41) is 21.1. The number of phenols is 1. The van der Waals surface area contributed by atoms with Crippen LogP contribution in [0.2, 0.25) is 5.02 Å². The highest BCUT2D eigenvalue weighted by molar-refractivity contribution is 6.32. The smallest absolute Gasteiger partial charge is 0.257 e. The second-order valence-electron chi connectivity index (χ2n) is 11.9. The van der Waals surface area contributed by atoms with E-state index in [0.717, 1.165) is 5.57 Å². The Kier molecular flexibility index (Phi) is 6.91. The zero-order valence-electron chi connectivity index (χ0n) is 24.2. The SMILES string of the molecule is COc1cc(C=CC2C3=CCC4C(=O)N(O)C(=O)C4C3CC3C(=O)N(c4cccc(Cl)c4)C(=O)C23c2ccccc2)ccc1O. The molecule has 4 aliphatic rings. The van der Waals surface area contributed by atoms with E-state index in [1.165, 1.54) is 18.1 Å². The molecule has 1 saturated carbocycles. The second kappa shape index (κ2) is 10.7. The number of carbonyl (C=O) groups excluding carboxylic acids is 4. The van der Waals surface area contributed by atoms with Crippen LogP contribution < -0.4 is 9.64 Å². The van der Waals surface area contributed by atoms with Crippen molar-refractivity contribution in [2.45, 2.75) is 18.3 Å². The van der Waals surface area contributed by atoms with Gasteiger partial charge in [0, 0.05) is 10.9 Å². The van der Waals surface area contributed by atoms with Gasteiger partial charge < -0.3 is 9.84 Å². The van der Waals surface area contributed by atoms with Gasteiger partial charge in [0.25, 0.3) is 11.8 Å². The molecule has 0 spiro atoms. The lowest BCUT2D eigenvalue weighted by molar-refractivity contribution is -0.173. The van der Waals surface area contributed by atoms with Crippen LogP contribution in [0.15, 0.2) is 90.5 Å². The van der Waals surface area contributed by atoms with E-state index in [1.54, 1.807) is 36.4 Å². The Bertz CT molecular complexity index is 1820. The van der Waals surface area contributed by atoms with Gasteiger partial charge in [-0.15, -0.1) is 0 Å². The number of aromatic hydroxyl groups is 1. The largest absolute Gasteiger partial charge is 0.504 e. The number of halogens is 1. The number of allylic oxidation sites excluding steroid dienone is 3. The van der Waals surface area contributed by atoms with E-state index >= 15 is 4.79 Å². The standard InChI is InChI=1S/C35H29ClN2O7/c1-45-29-16-19(11-15-28(29)39)10-14-26-23-12-13-24-30(33(42)38(44)31(24)40)25(23)18-27-32(41)37(22-9-5-8-21(36)17-22)34(43)35(26,27)20-6-3-2-4-7-20/h2-12,14-17,24-27,30,39,44H,13,18H2,1H3. The van der Waals surface area contributed by atoms with E-state index in [4.69, 9.17) is 16.3 Å². The highest BCUT2D eigenvalue weighted by atomic mass is 35.5. The number of amides is 4. The molecule has 45 heavy (non-hydrogen) atoms. The van der Waals surface area contributed by atoms with Gasteiger partial charge in [-0.1, -0.05) is 77.9 Å². The van der Waals surface area contributed by atoms with Crippen LogP contribution in [0.25, 0.3) is 6.08 Å². The van der Waals surface area contributed by atoms with E-state index in [2.05, 4.69) is 0 Å². The lowest BCUT2D eigenvalue weighted by Gasteiger charge is -2.49. The molecule has 10 heteroatoms.